The number of nitrogens with one attached hydrogen (secondary N) is 1. The lowest BCUT2D eigenvalue weighted by atomic mass is 9.76. The zero-order chi connectivity index (χ0) is 15.1. The summed E-state index contributed by atoms with van der Waals surface area (Å²) < 4.78 is 0. The summed E-state index contributed by atoms with van der Waals surface area (Å²) in [5.74, 6) is 1.75. The smallest absolute Gasteiger partial charge is 0.0378 e. The maximum Gasteiger partial charge on any atom is 0.0378 e. The highest BCUT2D eigenvalue weighted by molar-refractivity contribution is 5.44. The predicted molar refractivity (Wildman–Crippen MR) is 90.2 cm³/mol. The van der Waals surface area contributed by atoms with Crippen LogP contribution in [0.25, 0.3) is 0 Å². The van der Waals surface area contributed by atoms with Crippen LogP contribution in [0.15, 0.2) is 18.5 Å². The third kappa shape index (κ3) is 4.70. The second-order valence-electron chi connectivity index (χ2n) is 6.53. The highest BCUT2D eigenvalue weighted by atomic mass is 14.9. The lowest BCUT2D eigenvalue weighted by Gasteiger charge is -2.34. The quantitative estimate of drug-likeness (QED) is 0.803. The molecule has 21 heavy (non-hydrogen) atoms. The van der Waals surface area contributed by atoms with Crippen LogP contribution in [0, 0.1) is 11.8 Å². The first-order valence-electron chi connectivity index (χ1n) is 8.66. The van der Waals surface area contributed by atoms with Crippen molar-refractivity contribution in [2.75, 3.05) is 12.3 Å². The molecule has 0 amide bonds. The van der Waals surface area contributed by atoms with Gasteiger partial charge in [-0.25, -0.2) is 0 Å². The molecular formula is C18H31N3. The molecule has 1 aromatic heterocycles. The molecule has 1 aliphatic carbocycles. The first kappa shape index (κ1) is 16.3. The van der Waals surface area contributed by atoms with Crippen molar-refractivity contribution in [1.29, 1.82) is 0 Å². The van der Waals surface area contributed by atoms with E-state index >= 15 is 0 Å². The van der Waals surface area contributed by atoms with E-state index in [4.69, 9.17) is 5.73 Å². The highest BCUT2D eigenvalue weighted by Gasteiger charge is 2.27. The first-order valence-corrected chi connectivity index (χ1v) is 8.66. The van der Waals surface area contributed by atoms with Crippen molar-refractivity contribution < 1.29 is 0 Å². The minimum atomic E-state index is 0.550. The van der Waals surface area contributed by atoms with Crippen molar-refractivity contribution in [3.63, 3.8) is 0 Å². The molecule has 3 N–H and O–H groups in total. The maximum atomic E-state index is 6.10. The van der Waals surface area contributed by atoms with Crippen molar-refractivity contribution in [2.24, 2.45) is 11.8 Å². The zero-order valence-electron chi connectivity index (χ0n) is 13.6. The largest absolute Gasteiger partial charge is 0.398 e. The van der Waals surface area contributed by atoms with Gasteiger partial charge in [0.25, 0.3) is 0 Å². The van der Waals surface area contributed by atoms with Crippen LogP contribution in [0.3, 0.4) is 0 Å². The molecule has 1 aromatic rings. The fourth-order valence-corrected chi connectivity index (χ4v) is 3.58. The highest BCUT2D eigenvalue weighted by Crippen LogP contribution is 2.33. The number of anilines is 1. The summed E-state index contributed by atoms with van der Waals surface area (Å²) in [6.45, 7) is 5.66. The maximum absolute atomic E-state index is 6.10. The first-order chi connectivity index (χ1) is 10.2. The molecule has 2 rings (SSSR count). The third-order valence-corrected chi connectivity index (χ3v) is 5.08. The van der Waals surface area contributed by atoms with Gasteiger partial charge in [-0.1, -0.05) is 33.1 Å². The van der Waals surface area contributed by atoms with Gasteiger partial charge in [0.1, 0.15) is 0 Å². The molecular weight excluding hydrogens is 258 g/mol. The molecule has 1 atom stereocenters. The monoisotopic (exact) mass is 289 g/mol. The normalized spacial score (nSPS) is 23.9. The van der Waals surface area contributed by atoms with Crippen LogP contribution in [0.4, 0.5) is 5.69 Å². The topological polar surface area (TPSA) is 50.9 Å². The Morgan fingerprint density at radius 2 is 2.05 bits per heavy atom. The Hall–Kier alpha value is -1.09. The van der Waals surface area contributed by atoms with E-state index in [-0.39, 0.29) is 0 Å². The minimum absolute atomic E-state index is 0.550. The van der Waals surface area contributed by atoms with E-state index < -0.39 is 0 Å². The summed E-state index contributed by atoms with van der Waals surface area (Å²) in [6, 6.07) is 2.47. The van der Waals surface area contributed by atoms with Crippen LogP contribution in [-0.4, -0.2) is 17.6 Å². The van der Waals surface area contributed by atoms with Crippen molar-refractivity contribution >= 4 is 5.69 Å². The molecule has 3 nitrogen and oxygen atoms in total. The lowest BCUT2D eigenvalue weighted by molar-refractivity contribution is 0.216. The Labute approximate surface area is 129 Å². The van der Waals surface area contributed by atoms with E-state index in [1.807, 2.05) is 12.3 Å². The summed E-state index contributed by atoms with van der Waals surface area (Å²) >= 11 is 0. The Bertz CT molecular complexity index is 411. The van der Waals surface area contributed by atoms with Gasteiger partial charge in [0, 0.05) is 24.1 Å². The second-order valence-corrected chi connectivity index (χ2v) is 6.53. The van der Waals surface area contributed by atoms with Crippen LogP contribution in [0.2, 0.25) is 0 Å². The second kappa shape index (κ2) is 8.38. The van der Waals surface area contributed by atoms with E-state index in [9.17, 15) is 0 Å². The van der Waals surface area contributed by atoms with Gasteiger partial charge in [-0.3, -0.25) is 4.98 Å². The molecule has 1 aliphatic rings. The van der Waals surface area contributed by atoms with Crippen molar-refractivity contribution in [3.05, 3.63) is 24.0 Å². The molecule has 0 saturated heterocycles. The average Bonchev–Trinajstić information content (AvgIpc) is 2.53. The number of hydrogen-bond acceptors (Lipinski definition) is 3. The average molecular weight is 289 g/mol. The summed E-state index contributed by atoms with van der Waals surface area (Å²) in [7, 11) is 0. The van der Waals surface area contributed by atoms with E-state index in [2.05, 4.69) is 24.1 Å². The molecule has 1 heterocycles. The Morgan fingerprint density at radius 3 is 2.67 bits per heavy atom. The standard InChI is InChI=1S/C18H31N3/c1-3-10-21-18(12-16-13-20-11-9-17(16)19)15-7-5-14(4-2)6-8-15/h9,11,13-15,18,21H,3-8,10,12H2,1-2H3,(H2,19,20). The molecule has 0 radical (unpaired) electrons. The Balaban J connectivity index is 1.99. The fourth-order valence-electron chi connectivity index (χ4n) is 3.58. The van der Waals surface area contributed by atoms with Crippen molar-refractivity contribution in [3.8, 4) is 0 Å². The van der Waals surface area contributed by atoms with Crippen LogP contribution >= 0.6 is 0 Å². The number of hydrogen-bond donors (Lipinski definition) is 2. The van der Waals surface area contributed by atoms with E-state index in [1.165, 1.54) is 44.1 Å². The van der Waals surface area contributed by atoms with Gasteiger partial charge in [0.2, 0.25) is 0 Å². The van der Waals surface area contributed by atoms with E-state index in [0.717, 1.165) is 30.5 Å². The number of nitrogens with zero attached hydrogens (tertiary/aromatic N) is 1. The van der Waals surface area contributed by atoms with Crippen LogP contribution in [0.5, 0.6) is 0 Å². The fraction of sp³-hybridized carbons (Fsp3) is 0.722. The van der Waals surface area contributed by atoms with Gasteiger partial charge in [0.05, 0.1) is 0 Å². The third-order valence-electron chi connectivity index (χ3n) is 5.08. The number of nitrogens with two attached hydrogens (primary N) is 1. The Kier molecular flexibility index (Phi) is 6.50. The van der Waals surface area contributed by atoms with Crippen LogP contribution < -0.4 is 11.1 Å². The number of nitrogen functional groups attached to an aromatic ring is 1. The molecule has 0 bridgehead atoms. The zero-order valence-corrected chi connectivity index (χ0v) is 13.6. The number of rotatable bonds is 7. The number of pyridine rings is 1. The van der Waals surface area contributed by atoms with Gasteiger partial charge in [-0.05, 0) is 55.7 Å². The molecule has 0 spiro atoms. The SMILES string of the molecule is CCCNC(Cc1cnccc1N)C1CCC(CC)CC1. The van der Waals surface area contributed by atoms with Crippen LogP contribution in [-0.2, 0) is 6.42 Å². The number of aromatic nitrogens is 1. The van der Waals surface area contributed by atoms with Crippen molar-refractivity contribution in [1.82, 2.24) is 10.3 Å². The minimum Gasteiger partial charge on any atom is -0.398 e. The summed E-state index contributed by atoms with van der Waals surface area (Å²) in [5, 5.41) is 3.76. The lowest BCUT2D eigenvalue weighted by Crippen LogP contribution is -2.40. The molecule has 0 aliphatic heterocycles. The molecule has 1 saturated carbocycles. The predicted octanol–water partition coefficient (Wildman–Crippen LogP) is 3.79. The molecule has 1 fully saturated rings. The van der Waals surface area contributed by atoms with E-state index in [1.54, 1.807) is 6.20 Å². The van der Waals surface area contributed by atoms with Gasteiger partial charge < -0.3 is 11.1 Å². The summed E-state index contributed by atoms with van der Waals surface area (Å²) in [4.78, 5) is 4.24. The van der Waals surface area contributed by atoms with Crippen molar-refractivity contribution in [2.45, 2.75) is 64.8 Å². The molecule has 1 unspecified atom stereocenters. The summed E-state index contributed by atoms with van der Waals surface area (Å²) in [5.41, 5.74) is 8.19. The van der Waals surface area contributed by atoms with Gasteiger partial charge in [-0.15, -0.1) is 0 Å². The summed E-state index contributed by atoms with van der Waals surface area (Å²) in [6.07, 6.45) is 12.8. The Morgan fingerprint density at radius 1 is 1.29 bits per heavy atom. The van der Waals surface area contributed by atoms with Gasteiger partial charge in [-0.2, -0.15) is 0 Å². The molecule has 3 heteroatoms. The van der Waals surface area contributed by atoms with E-state index in [0.29, 0.717) is 6.04 Å². The van der Waals surface area contributed by atoms with Gasteiger partial charge >= 0.3 is 0 Å². The van der Waals surface area contributed by atoms with Gasteiger partial charge in [0.15, 0.2) is 0 Å². The molecule has 118 valence electrons. The van der Waals surface area contributed by atoms with Crippen LogP contribution in [0.1, 0.15) is 57.9 Å². The molecule has 0 aromatic carbocycles.